The molecule has 20 heavy (non-hydrogen) atoms. The van der Waals surface area contributed by atoms with Crippen molar-refractivity contribution < 1.29 is 0 Å². The molecular weight excluding hydrogens is 252 g/mol. The molecule has 0 unspecified atom stereocenters. The van der Waals surface area contributed by atoms with Gasteiger partial charge in [-0.15, -0.1) is 0 Å². The van der Waals surface area contributed by atoms with Gasteiger partial charge in [-0.1, -0.05) is 0 Å². The lowest BCUT2D eigenvalue weighted by Gasteiger charge is -2.11. The van der Waals surface area contributed by atoms with Crippen molar-refractivity contribution >= 4 is 5.82 Å². The average Bonchev–Trinajstić information content (AvgIpc) is 2.94. The van der Waals surface area contributed by atoms with E-state index < -0.39 is 0 Å². The molecule has 100 valence electrons. The number of aromatic nitrogens is 4. The maximum absolute atomic E-state index is 8.93. The topological polar surface area (TPSA) is 79.4 Å². The van der Waals surface area contributed by atoms with Gasteiger partial charge < -0.3 is 5.32 Å². The summed E-state index contributed by atoms with van der Waals surface area (Å²) in [7, 11) is 0. The van der Waals surface area contributed by atoms with Crippen molar-refractivity contribution in [3.63, 3.8) is 0 Å². The van der Waals surface area contributed by atoms with Crippen LogP contribution in [0.2, 0.25) is 0 Å². The van der Waals surface area contributed by atoms with Crippen LogP contribution in [0, 0.1) is 11.3 Å². The molecule has 0 radical (unpaired) electrons. The number of hydrogen-bond donors (Lipinski definition) is 1. The second kappa shape index (κ2) is 4.04. The van der Waals surface area contributed by atoms with Crippen LogP contribution >= 0.6 is 0 Å². The summed E-state index contributed by atoms with van der Waals surface area (Å²) in [6, 6.07) is 2.26. The highest BCUT2D eigenvalue weighted by Crippen LogP contribution is 2.46. The van der Waals surface area contributed by atoms with E-state index in [1.54, 1.807) is 6.33 Å². The van der Waals surface area contributed by atoms with E-state index in [4.69, 9.17) is 5.26 Å². The minimum absolute atomic E-state index is 0.0680. The highest BCUT2D eigenvalue weighted by atomic mass is 15.3. The van der Waals surface area contributed by atoms with E-state index in [2.05, 4.69) is 26.5 Å². The third-order valence-corrected chi connectivity index (χ3v) is 4.19. The van der Waals surface area contributed by atoms with Gasteiger partial charge in [-0.25, -0.2) is 9.97 Å². The molecule has 0 atom stereocenters. The number of hydrogen-bond acceptors (Lipinski definition) is 5. The molecule has 4 rings (SSSR count). The van der Waals surface area contributed by atoms with Gasteiger partial charge in [0.2, 0.25) is 0 Å². The van der Waals surface area contributed by atoms with E-state index in [1.165, 1.54) is 0 Å². The number of fused-ring (bicyclic) bond motifs is 1. The molecule has 1 N–H and O–H groups in total. The van der Waals surface area contributed by atoms with E-state index in [1.807, 2.05) is 17.1 Å². The van der Waals surface area contributed by atoms with Gasteiger partial charge in [-0.3, -0.25) is 4.68 Å². The fraction of sp³-hybridized carbons (Fsp3) is 0.429. The molecule has 0 bridgehead atoms. The highest BCUT2D eigenvalue weighted by molar-refractivity contribution is 5.69. The Hall–Kier alpha value is -2.42. The van der Waals surface area contributed by atoms with Gasteiger partial charge in [0.1, 0.15) is 12.1 Å². The van der Waals surface area contributed by atoms with Crippen LogP contribution in [0.1, 0.15) is 24.8 Å². The summed E-state index contributed by atoms with van der Waals surface area (Å²) in [5, 5.41) is 16.6. The predicted molar refractivity (Wildman–Crippen MR) is 72.9 cm³/mol. The van der Waals surface area contributed by atoms with Crippen LogP contribution in [-0.2, 0) is 12.0 Å². The maximum atomic E-state index is 8.93. The first-order valence-corrected chi connectivity index (χ1v) is 6.83. The quantitative estimate of drug-likeness (QED) is 0.914. The zero-order chi connectivity index (χ0) is 13.6. The maximum Gasteiger partial charge on any atom is 0.133 e. The number of nitrogens with one attached hydrogen (secondary N) is 1. The molecule has 3 heterocycles. The zero-order valence-corrected chi connectivity index (χ0v) is 11.0. The lowest BCUT2D eigenvalue weighted by Crippen LogP contribution is -2.16. The summed E-state index contributed by atoms with van der Waals surface area (Å²) in [5.74, 6) is 0.931. The summed E-state index contributed by atoms with van der Waals surface area (Å²) in [4.78, 5) is 8.66. The lowest BCUT2D eigenvalue weighted by atomic mass is 10.1. The normalized spacial score (nSPS) is 18.1. The molecular formula is C14H14N6. The van der Waals surface area contributed by atoms with Crippen molar-refractivity contribution in [3.05, 3.63) is 24.3 Å². The number of nitriles is 1. The number of rotatable bonds is 3. The molecule has 2 aromatic heterocycles. The Balaban J connectivity index is 1.73. The van der Waals surface area contributed by atoms with Gasteiger partial charge in [-0.2, -0.15) is 10.4 Å². The molecule has 2 aromatic rings. The standard InChI is InChI=1S/C14H14N6/c15-5-4-14(2-3-14)20-8-10(7-19-20)12-11-1-6-16-13(11)18-9-17-12/h7-9H,1-4,6H2,(H,16,17,18). The monoisotopic (exact) mass is 266 g/mol. The first-order valence-electron chi connectivity index (χ1n) is 6.83. The summed E-state index contributed by atoms with van der Waals surface area (Å²) in [6.07, 6.45) is 8.99. The van der Waals surface area contributed by atoms with E-state index in [0.29, 0.717) is 6.42 Å². The largest absolute Gasteiger partial charge is 0.369 e. The van der Waals surface area contributed by atoms with Crippen molar-refractivity contribution in [3.8, 4) is 17.3 Å². The van der Waals surface area contributed by atoms with Gasteiger partial charge in [0, 0.05) is 23.9 Å². The molecule has 0 amide bonds. The summed E-state index contributed by atoms with van der Waals surface area (Å²) >= 11 is 0. The Morgan fingerprint density at radius 2 is 2.30 bits per heavy atom. The first-order chi connectivity index (χ1) is 9.82. The van der Waals surface area contributed by atoms with Gasteiger partial charge in [0.05, 0.1) is 29.9 Å². The first kappa shape index (κ1) is 11.4. The number of anilines is 1. The average molecular weight is 266 g/mol. The molecule has 2 aliphatic rings. The third kappa shape index (κ3) is 1.59. The summed E-state index contributed by atoms with van der Waals surface area (Å²) in [5.41, 5.74) is 3.06. The van der Waals surface area contributed by atoms with E-state index in [9.17, 15) is 0 Å². The predicted octanol–water partition coefficient (Wildman–Crippen LogP) is 1.71. The highest BCUT2D eigenvalue weighted by Gasteiger charge is 2.45. The van der Waals surface area contributed by atoms with Crippen LogP contribution < -0.4 is 5.32 Å². The fourth-order valence-corrected chi connectivity index (χ4v) is 2.84. The summed E-state index contributed by atoms with van der Waals surface area (Å²) < 4.78 is 1.95. The molecule has 0 aromatic carbocycles. The van der Waals surface area contributed by atoms with Crippen molar-refractivity contribution in [2.45, 2.75) is 31.2 Å². The van der Waals surface area contributed by atoms with Crippen LogP contribution in [0.25, 0.3) is 11.3 Å². The molecule has 1 saturated carbocycles. The third-order valence-electron chi connectivity index (χ3n) is 4.19. The Labute approximate surface area is 116 Å². The fourth-order valence-electron chi connectivity index (χ4n) is 2.84. The van der Waals surface area contributed by atoms with Crippen molar-refractivity contribution in [1.82, 2.24) is 19.7 Å². The Bertz CT molecular complexity index is 707. The molecule has 1 aliphatic carbocycles. The Morgan fingerprint density at radius 3 is 3.10 bits per heavy atom. The van der Waals surface area contributed by atoms with E-state index in [-0.39, 0.29) is 5.54 Å². The van der Waals surface area contributed by atoms with Gasteiger partial charge in [-0.05, 0) is 19.3 Å². The van der Waals surface area contributed by atoms with Crippen LogP contribution in [0.4, 0.5) is 5.82 Å². The van der Waals surface area contributed by atoms with Crippen molar-refractivity contribution in [2.75, 3.05) is 11.9 Å². The molecule has 6 nitrogen and oxygen atoms in total. The van der Waals surface area contributed by atoms with Crippen molar-refractivity contribution in [1.29, 1.82) is 5.26 Å². The van der Waals surface area contributed by atoms with Crippen LogP contribution in [0.5, 0.6) is 0 Å². The lowest BCUT2D eigenvalue weighted by molar-refractivity contribution is 0.440. The van der Waals surface area contributed by atoms with E-state index in [0.717, 1.165) is 48.4 Å². The minimum Gasteiger partial charge on any atom is -0.369 e. The second-order valence-electron chi connectivity index (χ2n) is 5.46. The molecule has 1 aliphatic heterocycles. The van der Waals surface area contributed by atoms with Gasteiger partial charge in [0.25, 0.3) is 0 Å². The van der Waals surface area contributed by atoms with Crippen LogP contribution in [0.3, 0.4) is 0 Å². The van der Waals surface area contributed by atoms with Crippen LogP contribution in [-0.4, -0.2) is 26.3 Å². The molecule has 0 saturated heterocycles. The molecule has 1 fully saturated rings. The minimum atomic E-state index is -0.0680. The van der Waals surface area contributed by atoms with E-state index >= 15 is 0 Å². The summed E-state index contributed by atoms with van der Waals surface area (Å²) in [6.45, 7) is 0.910. The molecule has 0 spiro atoms. The van der Waals surface area contributed by atoms with Gasteiger partial charge >= 0.3 is 0 Å². The second-order valence-corrected chi connectivity index (χ2v) is 5.46. The van der Waals surface area contributed by atoms with Gasteiger partial charge in [0.15, 0.2) is 0 Å². The Morgan fingerprint density at radius 1 is 1.40 bits per heavy atom. The SMILES string of the molecule is N#CCC1(n2cc(-c3ncnc4c3CCN4)cn2)CC1. The van der Waals surface area contributed by atoms with Crippen molar-refractivity contribution in [2.24, 2.45) is 0 Å². The Kier molecular flexibility index (Phi) is 2.30. The zero-order valence-electron chi connectivity index (χ0n) is 11.0. The smallest absolute Gasteiger partial charge is 0.133 e. The number of nitrogens with zero attached hydrogens (tertiary/aromatic N) is 5. The van der Waals surface area contributed by atoms with Crippen LogP contribution in [0.15, 0.2) is 18.7 Å². The molecule has 6 heteroatoms.